The fourth-order valence-electron chi connectivity index (χ4n) is 5.93. The van der Waals surface area contributed by atoms with Crippen LogP contribution < -0.4 is 4.90 Å². The molecular formula is C38H52N2. The Balaban J connectivity index is 2.13. The Morgan fingerprint density at radius 3 is 2.10 bits per heavy atom. The average molecular weight is 537 g/mol. The molecule has 0 saturated carbocycles. The Morgan fingerprint density at radius 1 is 0.875 bits per heavy atom. The van der Waals surface area contributed by atoms with E-state index in [1.54, 1.807) is 0 Å². The molecule has 0 radical (unpaired) electrons. The molecule has 2 nitrogen and oxygen atoms in total. The van der Waals surface area contributed by atoms with Gasteiger partial charge in [-0.05, 0) is 77.5 Å². The molecule has 0 saturated heterocycles. The summed E-state index contributed by atoms with van der Waals surface area (Å²) in [4.78, 5) is 2.09. The molecule has 0 heterocycles. The largest absolute Gasteiger partial charge is 0.299 e. The summed E-state index contributed by atoms with van der Waals surface area (Å²) in [5.74, 6) is 1.24. The van der Waals surface area contributed by atoms with Crippen LogP contribution in [0.25, 0.3) is 16.8 Å². The summed E-state index contributed by atoms with van der Waals surface area (Å²) in [5, 5.41) is 9.18. The molecule has 2 atom stereocenters. The van der Waals surface area contributed by atoms with Crippen molar-refractivity contribution in [3.8, 4) is 11.1 Å². The lowest BCUT2D eigenvalue weighted by atomic mass is 9.73. The minimum atomic E-state index is 0.0149. The molecule has 0 spiro atoms. The lowest BCUT2D eigenvalue weighted by Crippen LogP contribution is -2.33. The number of unbranched alkanes of at least 4 members (excludes halogenated alkanes) is 1. The molecule has 1 N–H and O–H groups in total. The summed E-state index contributed by atoms with van der Waals surface area (Å²) in [5.41, 5.74) is 8.24. The van der Waals surface area contributed by atoms with E-state index in [0.29, 0.717) is 11.8 Å². The second kappa shape index (κ2) is 14.5. The molecule has 0 amide bonds. The maximum absolute atomic E-state index is 9.18. The Kier molecular flexibility index (Phi) is 11.4. The van der Waals surface area contributed by atoms with Crippen LogP contribution in [0.15, 0.2) is 79.4 Å². The van der Waals surface area contributed by atoms with Gasteiger partial charge in [0.05, 0.1) is 0 Å². The first-order valence-electron chi connectivity index (χ1n) is 15.6. The number of anilines is 1. The molecule has 214 valence electrons. The van der Waals surface area contributed by atoms with Gasteiger partial charge in [-0.1, -0.05) is 129 Å². The van der Waals surface area contributed by atoms with E-state index in [0.717, 1.165) is 42.6 Å². The number of hydrogen-bond acceptors (Lipinski definition) is 1. The van der Waals surface area contributed by atoms with Crippen LogP contribution in [0.1, 0.15) is 116 Å². The van der Waals surface area contributed by atoms with E-state index in [9.17, 15) is 5.41 Å². The van der Waals surface area contributed by atoms with E-state index < -0.39 is 0 Å². The van der Waals surface area contributed by atoms with Gasteiger partial charge in [0, 0.05) is 22.9 Å². The summed E-state index contributed by atoms with van der Waals surface area (Å²) in [6.45, 7) is 20.4. The third-order valence-corrected chi connectivity index (χ3v) is 8.75. The minimum Gasteiger partial charge on any atom is -0.299 e. The number of hydrogen-bond donors (Lipinski definition) is 1. The lowest BCUT2D eigenvalue weighted by molar-refractivity contribution is 0.413. The molecule has 40 heavy (non-hydrogen) atoms. The highest BCUT2D eigenvalue weighted by atomic mass is 15.2. The van der Waals surface area contributed by atoms with E-state index in [2.05, 4.69) is 133 Å². The van der Waals surface area contributed by atoms with E-state index in [-0.39, 0.29) is 11.3 Å². The van der Waals surface area contributed by atoms with Gasteiger partial charge in [0.1, 0.15) is 5.84 Å². The van der Waals surface area contributed by atoms with E-state index in [1.807, 2.05) is 0 Å². The first-order chi connectivity index (χ1) is 19.2. The van der Waals surface area contributed by atoms with E-state index >= 15 is 0 Å². The van der Waals surface area contributed by atoms with Crippen LogP contribution in [0, 0.1) is 11.3 Å². The molecule has 3 aromatic carbocycles. The summed E-state index contributed by atoms with van der Waals surface area (Å²) < 4.78 is 0. The zero-order valence-electron chi connectivity index (χ0n) is 26.2. The van der Waals surface area contributed by atoms with Gasteiger partial charge in [0.2, 0.25) is 0 Å². The molecule has 3 aromatic rings. The van der Waals surface area contributed by atoms with Crippen molar-refractivity contribution < 1.29 is 0 Å². The van der Waals surface area contributed by atoms with Crippen LogP contribution in [0.2, 0.25) is 0 Å². The highest BCUT2D eigenvalue weighted by Gasteiger charge is 2.30. The molecule has 0 aliphatic rings. The number of amidine groups is 1. The Hall–Kier alpha value is -3.13. The van der Waals surface area contributed by atoms with E-state index in [1.165, 1.54) is 41.5 Å². The Labute approximate surface area is 245 Å². The number of benzene rings is 3. The van der Waals surface area contributed by atoms with Crippen molar-refractivity contribution in [3.05, 3.63) is 96.1 Å². The highest BCUT2D eigenvalue weighted by molar-refractivity contribution is 6.08. The first-order valence-corrected chi connectivity index (χ1v) is 15.6. The Bertz CT molecular complexity index is 1240. The SMILES string of the molecule is C=C(c1ccc(-c2ccccc2)cc1C(C)(CC)CCC)N(C(=N)C(C)C)c1ccc(C(CC)CCCC)cc1. The first kappa shape index (κ1) is 31.4. The van der Waals surface area contributed by atoms with Crippen LogP contribution in [-0.2, 0) is 5.41 Å². The maximum atomic E-state index is 9.18. The second-order valence-corrected chi connectivity index (χ2v) is 12.0. The van der Waals surface area contributed by atoms with Crippen molar-refractivity contribution in [1.82, 2.24) is 0 Å². The predicted octanol–water partition coefficient (Wildman–Crippen LogP) is 11.6. The third-order valence-electron chi connectivity index (χ3n) is 8.75. The van der Waals surface area contributed by atoms with Gasteiger partial charge in [-0.15, -0.1) is 0 Å². The quantitative estimate of drug-likeness (QED) is 0.161. The third kappa shape index (κ3) is 7.14. The van der Waals surface area contributed by atoms with Gasteiger partial charge >= 0.3 is 0 Å². The topological polar surface area (TPSA) is 27.1 Å². The van der Waals surface area contributed by atoms with Gasteiger partial charge in [-0.3, -0.25) is 10.3 Å². The molecule has 2 heteroatoms. The van der Waals surface area contributed by atoms with Crippen LogP contribution in [0.4, 0.5) is 5.69 Å². The molecule has 2 unspecified atom stereocenters. The van der Waals surface area contributed by atoms with E-state index in [4.69, 9.17) is 0 Å². The zero-order chi connectivity index (χ0) is 29.3. The standard InChI is InChI=1S/C38H52N2/c1-9-13-17-30(11-3)32-20-23-34(24-21-32)40(37(39)28(5)6)29(7)35-25-22-33(31-18-15-14-16-19-31)27-36(35)38(8,12-4)26-10-2/h14-16,18-25,27-28,30,39H,7,9-13,17,26H2,1-6,8H3. The molecule has 0 aromatic heterocycles. The number of rotatable bonds is 14. The van der Waals surface area contributed by atoms with Crippen molar-refractivity contribution in [2.45, 2.75) is 105 Å². The lowest BCUT2D eigenvalue weighted by Gasteiger charge is -2.35. The highest BCUT2D eigenvalue weighted by Crippen LogP contribution is 2.41. The molecule has 0 aliphatic carbocycles. The zero-order valence-corrected chi connectivity index (χ0v) is 26.2. The minimum absolute atomic E-state index is 0.0149. The van der Waals surface area contributed by atoms with Crippen LogP contribution in [0.5, 0.6) is 0 Å². The van der Waals surface area contributed by atoms with Crippen LogP contribution in [-0.4, -0.2) is 5.84 Å². The Morgan fingerprint density at radius 2 is 1.55 bits per heavy atom. The molecule has 3 rings (SSSR count). The number of nitrogens with one attached hydrogen (secondary N) is 1. The van der Waals surface area contributed by atoms with Gasteiger partial charge in [-0.25, -0.2) is 0 Å². The molecule has 0 aliphatic heterocycles. The summed E-state index contributed by atoms with van der Waals surface area (Å²) in [6, 6.07) is 26.5. The van der Waals surface area contributed by atoms with Crippen molar-refractivity contribution >= 4 is 17.2 Å². The predicted molar refractivity (Wildman–Crippen MR) is 178 cm³/mol. The second-order valence-electron chi connectivity index (χ2n) is 12.0. The fourth-order valence-corrected chi connectivity index (χ4v) is 5.93. The summed E-state index contributed by atoms with van der Waals surface area (Å²) in [6.07, 6.45) is 8.15. The van der Waals surface area contributed by atoms with Crippen molar-refractivity contribution in [3.63, 3.8) is 0 Å². The number of nitrogens with zero attached hydrogens (tertiary/aromatic N) is 1. The van der Waals surface area contributed by atoms with Gasteiger partial charge in [-0.2, -0.15) is 0 Å². The molecule has 0 fully saturated rings. The molecule has 0 bridgehead atoms. The smallest absolute Gasteiger partial charge is 0.108 e. The van der Waals surface area contributed by atoms with Crippen LogP contribution >= 0.6 is 0 Å². The summed E-state index contributed by atoms with van der Waals surface area (Å²) >= 11 is 0. The van der Waals surface area contributed by atoms with Crippen LogP contribution in [0.3, 0.4) is 0 Å². The summed E-state index contributed by atoms with van der Waals surface area (Å²) in [7, 11) is 0. The van der Waals surface area contributed by atoms with Gasteiger partial charge in [0.15, 0.2) is 0 Å². The normalized spacial score (nSPS) is 13.6. The fraction of sp³-hybridized carbons (Fsp3) is 0.447. The van der Waals surface area contributed by atoms with Gasteiger partial charge < -0.3 is 0 Å². The maximum Gasteiger partial charge on any atom is 0.108 e. The molecular weight excluding hydrogens is 484 g/mol. The van der Waals surface area contributed by atoms with Gasteiger partial charge in [0.25, 0.3) is 0 Å². The van der Waals surface area contributed by atoms with Crippen molar-refractivity contribution in [2.24, 2.45) is 5.92 Å². The van der Waals surface area contributed by atoms with Crippen molar-refractivity contribution in [1.29, 1.82) is 5.41 Å². The van der Waals surface area contributed by atoms with Crippen molar-refractivity contribution in [2.75, 3.05) is 4.90 Å². The monoisotopic (exact) mass is 536 g/mol. The average Bonchev–Trinajstić information content (AvgIpc) is 2.98.